The summed E-state index contributed by atoms with van der Waals surface area (Å²) in [6, 6.07) is 0. The zero-order valence-corrected chi connectivity index (χ0v) is 3.57. The van der Waals surface area contributed by atoms with E-state index < -0.39 is 18.5 Å². The maximum atomic E-state index is 11.5. The van der Waals surface area contributed by atoms with Crippen LogP contribution in [0.5, 0.6) is 0 Å². The molecule has 1 fully saturated rings. The third-order valence-corrected chi connectivity index (χ3v) is 1.08. The first-order chi connectivity index (χ1) is 3.22. The zero-order valence-electron chi connectivity index (χ0n) is 3.57. The van der Waals surface area contributed by atoms with E-state index in [1.165, 1.54) is 0 Å². The maximum absolute atomic E-state index is 11.5. The predicted octanol–water partition coefficient (Wildman–Crippen LogP) is 1.61. The molecule has 7 heavy (non-hydrogen) atoms. The van der Waals surface area contributed by atoms with Gasteiger partial charge in [0.25, 0.3) is 0 Å². The van der Waals surface area contributed by atoms with E-state index in [4.69, 9.17) is 0 Å². The van der Waals surface area contributed by atoms with Crippen LogP contribution in [0.3, 0.4) is 0 Å². The molecule has 0 radical (unpaired) electrons. The Kier molecular flexibility index (Phi) is 0.978. The number of halogens is 3. The van der Waals surface area contributed by atoms with Crippen molar-refractivity contribution in [2.45, 2.75) is 19.0 Å². The van der Waals surface area contributed by atoms with Crippen LogP contribution < -0.4 is 0 Å². The Morgan fingerprint density at radius 1 is 1.43 bits per heavy atom. The highest BCUT2D eigenvalue weighted by atomic mass is 19.3. The fourth-order valence-corrected chi connectivity index (χ4v) is 0.442. The molecule has 2 atom stereocenters. The van der Waals surface area contributed by atoms with Gasteiger partial charge in [-0.2, -0.15) is 0 Å². The number of hydrogen-bond donors (Lipinski definition) is 0. The highest BCUT2D eigenvalue weighted by Crippen LogP contribution is 2.38. The van der Waals surface area contributed by atoms with Crippen molar-refractivity contribution < 1.29 is 13.2 Å². The molecule has 0 aromatic rings. The summed E-state index contributed by atoms with van der Waals surface area (Å²) in [5.74, 6) is -0.931. The van der Waals surface area contributed by atoms with Crippen LogP contribution in [0.1, 0.15) is 6.42 Å². The van der Waals surface area contributed by atoms with Gasteiger partial charge < -0.3 is 0 Å². The summed E-state index contributed by atoms with van der Waals surface area (Å²) >= 11 is 0. The Morgan fingerprint density at radius 2 is 1.86 bits per heavy atom. The van der Waals surface area contributed by atoms with Crippen LogP contribution in [-0.4, -0.2) is 12.6 Å². The quantitative estimate of drug-likeness (QED) is 0.481. The summed E-state index contributed by atoms with van der Waals surface area (Å²) in [7, 11) is 0. The largest absolute Gasteiger partial charge is 0.247 e. The standard InChI is InChI=1S/C4H5F3/c5-3-1-2(3)4(6)7/h2-4H,1H2. The molecule has 1 aliphatic carbocycles. The first kappa shape index (κ1) is 4.94. The molecule has 42 valence electrons. The molecular weight excluding hydrogens is 105 g/mol. The van der Waals surface area contributed by atoms with Crippen LogP contribution in [0, 0.1) is 5.92 Å². The Hall–Kier alpha value is -0.210. The topological polar surface area (TPSA) is 0 Å². The lowest BCUT2D eigenvalue weighted by Crippen LogP contribution is -1.94. The van der Waals surface area contributed by atoms with Gasteiger partial charge in [0, 0.05) is 0 Å². The van der Waals surface area contributed by atoms with Crippen LogP contribution >= 0.6 is 0 Å². The minimum absolute atomic E-state index is 0.0671. The van der Waals surface area contributed by atoms with Crippen molar-refractivity contribution in [3.63, 3.8) is 0 Å². The van der Waals surface area contributed by atoms with E-state index in [1.807, 2.05) is 0 Å². The van der Waals surface area contributed by atoms with Crippen molar-refractivity contribution >= 4 is 0 Å². The van der Waals surface area contributed by atoms with E-state index in [2.05, 4.69) is 0 Å². The maximum Gasteiger partial charge on any atom is 0.244 e. The van der Waals surface area contributed by atoms with Gasteiger partial charge in [-0.1, -0.05) is 0 Å². The summed E-state index contributed by atoms with van der Waals surface area (Å²) in [4.78, 5) is 0. The second kappa shape index (κ2) is 1.39. The Labute approximate surface area is 39.3 Å². The lowest BCUT2D eigenvalue weighted by Gasteiger charge is -1.86. The lowest BCUT2D eigenvalue weighted by molar-refractivity contribution is 0.111. The molecule has 0 aromatic carbocycles. The molecule has 0 bridgehead atoms. The van der Waals surface area contributed by atoms with Crippen molar-refractivity contribution in [2.24, 2.45) is 5.92 Å². The van der Waals surface area contributed by atoms with Crippen LogP contribution in [0.25, 0.3) is 0 Å². The van der Waals surface area contributed by atoms with Gasteiger partial charge >= 0.3 is 0 Å². The fourth-order valence-electron chi connectivity index (χ4n) is 0.442. The van der Waals surface area contributed by atoms with Gasteiger partial charge in [0.05, 0.1) is 5.92 Å². The molecule has 1 rings (SSSR count). The fraction of sp³-hybridized carbons (Fsp3) is 1.00. The summed E-state index contributed by atoms with van der Waals surface area (Å²) in [6.07, 6.45) is -3.58. The minimum Gasteiger partial charge on any atom is -0.247 e. The molecule has 0 spiro atoms. The van der Waals surface area contributed by atoms with Crippen molar-refractivity contribution in [1.82, 2.24) is 0 Å². The van der Waals surface area contributed by atoms with Crippen LogP contribution in [-0.2, 0) is 0 Å². The summed E-state index contributed by atoms with van der Waals surface area (Å²) in [6.45, 7) is 0. The first-order valence-corrected chi connectivity index (χ1v) is 2.14. The van der Waals surface area contributed by atoms with Crippen LogP contribution in [0.4, 0.5) is 13.2 Å². The van der Waals surface area contributed by atoms with Gasteiger partial charge in [-0.15, -0.1) is 0 Å². The van der Waals surface area contributed by atoms with Gasteiger partial charge in [-0.3, -0.25) is 0 Å². The van der Waals surface area contributed by atoms with Crippen molar-refractivity contribution in [3.05, 3.63) is 0 Å². The number of rotatable bonds is 1. The van der Waals surface area contributed by atoms with Crippen molar-refractivity contribution in [3.8, 4) is 0 Å². The summed E-state index contributed by atoms with van der Waals surface area (Å²) < 4.78 is 34.0. The van der Waals surface area contributed by atoms with Crippen molar-refractivity contribution in [2.75, 3.05) is 0 Å². The van der Waals surface area contributed by atoms with Gasteiger partial charge in [-0.25, -0.2) is 13.2 Å². The number of hydrogen-bond acceptors (Lipinski definition) is 0. The van der Waals surface area contributed by atoms with Crippen molar-refractivity contribution in [1.29, 1.82) is 0 Å². The van der Waals surface area contributed by atoms with Crippen LogP contribution in [0.15, 0.2) is 0 Å². The smallest absolute Gasteiger partial charge is 0.244 e. The van der Waals surface area contributed by atoms with Gasteiger partial charge in [0.2, 0.25) is 6.43 Å². The molecule has 0 N–H and O–H groups in total. The molecule has 0 saturated heterocycles. The molecule has 2 unspecified atom stereocenters. The van der Waals surface area contributed by atoms with E-state index in [1.54, 1.807) is 0 Å². The molecule has 3 heteroatoms. The molecule has 1 saturated carbocycles. The molecular formula is C4H5F3. The average Bonchev–Trinajstić information content (AvgIpc) is 2.17. The molecule has 0 heterocycles. The normalized spacial score (nSPS) is 39.4. The lowest BCUT2D eigenvalue weighted by atomic mass is 10.5. The Bertz CT molecular complexity index is 71.3. The highest BCUT2D eigenvalue weighted by molar-refractivity contribution is 4.87. The third-order valence-electron chi connectivity index (χ3n) is 1.08. The van der Waals surface area contributed by atoms with Gasteiger partial charge in [-0.05, 0) is 6.42 Å². The zero-order chi connectivity index (χ0) is 5.44. The molecule has 0 amide bonds. The Balaban J connectivity index is 2.20. The molecule has 0 aromatic heterocycles. The molecule has 0 nitrogen and oxygen atoms in total. The second-order valence-electron chi connectivity index (χ2n) is 1.75. The summed E-state index contributed by atoms with van der Waals surface area (Å²) in [5, 5.41) is 0. The van der Waals surface area contributed by atoms with E-state index in [0.717, 1.165) is 0 Å². The average molecular weight is 110 g/mol. The van der Waals surface area contributed by atoms with Crippen LogP contribution in [0.2, 0.25) is 0 Å². The van der Waals surface area contributed by atoms with E-state index in [-0.39, 0.29) is 6.42 Å². The minimum atomic E-state index is -2.44. The summed E-state index contributed by atoms with van der Waals surface area (Å²) in [5.41, 5.74) is 0. The predicted molar refractivity (Wildman–Crippen MR) is 19.0 cm³/mol. The Morgan fingerprint density at radius 3 is 1.86 bits per heavy atom. The van der Waals surface area contributed by atoms with E-state index in [0.29, 0.717) is 0 Å². The van der Waals surface area contributed by atoms with Gasteiger partial charge in [0.1, 0.15) is 6.17 Å². The van der Waals surface area contributed by atoms with E-state index in [9.17, 15) is 13.2 Å². The highest BCUT2D eigenvalue weighted by Gasteiger charge is 2.44. The number of alkyl halides is 3. The molecule has 0 aliphatic heterocycles. The SMILES string of the molecule is FC(F)C1CC1F. The first-order valence-electron chi connectivity index (χ1n) is 2.14. The second-order valence-corrected chi connectivity index (χ2v) is 1.75. The van der Waals surface area contributed by atoms with Gasteiger partial charge in [0.15, 0.2) is 0 Å². The van der Waals surface area contributed by atoms with E-state index >= 15 is 0 Å². The molecule has 1 aliphatic rings. The third kappa shape index (κ3) is 0.868. The monoisotopic (exact) mass is 110 g/mol.